The molecule has 0 heterocycles. The van der Waals surface area contributed by atoms with Gasteiger partial charge in [-0.1, -0.05) is 0 Å². The summed E-state index contributed by atoms with van der Waals surface area (Å²) in [5.74, 6) is 0. The minimum absolute atomic E-state index is 0. The molecule has 0 saturated carbocycles. The van der Waals surface area contributed by atoms with E-state index >= 15 is 0 Å². The van der Waals surface area contributed by atoms with Crippen LogP contribution in [0.4, 0.5) is 0 Å². The van der Waals surface area contributed by atoms with Gasteiger partial charge < -0.3 is 5.48 Å². The van der Waals surface area contributed by atoms with E-state index in [2.05, 4.69) is 0 Å². The Labute approximate surface area is 57.9 Å². The molecule has 4 heteroatoms. The smallest absolute Gasteiger partial charge is 0.316 e. The maximum atomic E-state index is 0. The quantitative estimate of drug-likeness (QED) is 0.370. The number of hydrogen-bond donors (Lipinski definition) is 0. The summed E-state index contributed by atoms with van der Waals surface area (Å²) in [4.78, 5) is 0. The fourth-order valence-corrected chi connectivity index (χ4v) is 0. The molecule has 0 aliphatic rings. The second-order valence-electron chi connectivity index (χ2n) is 0. The van der Waals surface area contributed by atoms with Crippen molar-refractivity contribution in [2.24, 2.45) is 0 Å². The predicted octanol–water partition coefficient (Wildman–Crippen LogP) is -1.32. The van der Waals surface area contributed by atoms with Crippen molar-refractivity contribution in [2.75, 3.05) is 0 Å². The molecule has 0 aromatic carbocycles. The van der Waals surface area contributed by atoms with Crippen molar-refractivity contribution in [3.05, 3.63) is 0 Å². The zero-order valence-corrected chi connectivity index (χ0v) is 3.18. The van der Waals surface area contributed by atoms with Gasteiger partial charge in [-0.3, -0.25) is 0 Å². The van der Waals surface area contributed by atoms with Crippen molar-refractivity contribution in [2.45, 2.75) is 0 Å². The summed E-state index contributed by atoms with van der Waals surface area (Å²) >= 11 is 0. The second-order valence-corrected chi connectivity index (χ2v) is 0. The fraction of sp³-hybridized carbons (Fsp3) is 0. The Hall–Kier alpha value is 1.54. The van der Waals surface area contributed by atoms with E-state index in [4.69, 9.17) is 0 Å². The van der Waals surface area contributed by atoms with Crippen LogP contribution < -0.4 is 0 Å². The van der Waals surface area contributed by atoms with Crippen LogP contribution in [0.3, 0.4) is 0 Å². The Morgan fingerprint density at radius 1 is 1.00 bits per heavy atom. The zero-order valence-electron chi connectivity index (χ0n) is 1.26. The standard InChI is InChI=1S/ClH.Fe.Mg.H2O.2H/h1H;;;1H2;;. The van der Waals surface area contributed by atoms with Gasteiger partial charge in [0.2, 0.25) is 0 Å². The van der Waals surface area contributed by atoms with Crippen molar-refractivity contribution < 1.29 is 22.5 Å². The summed E-state index contributed by atoms with van der Waals surface area (Å²) in [6.07, 6.45) is 0. The van der Waals surface area contributed by atoms with E-state index in [0.29, 0.717) is 0 Å². The molecule has 1 nitrogen and oxygen atoms in total. The van der Waals surface area contributed by atoms with E-state index in [9.17, 15) is 0 Å². The first-order valence-electron chi connectivity index (χ1n) is 0. The summed E-state index contributed by atoms with van der Waals surface area (Å²) in [5.41, 5.74) is 0. The van der Waals surface area contributed by atoms with Gasteiger partial charge in [0.15, 0.2) is 0 Å². The van der Waals surface area contributed by atoms with Gasteiger partial charge >= 0.3 is 23.1 Å². The molecular weight excluding hydrogens is 132 g/mol. The Morgan fingerprint density at radius 2 is 1.00 bits per heavy atom. The minimum atomic E-state index is 0. The largest absolute Gasteiger partial charge is 0.412 e. The van der Waals surface area contributed by atoms with Crippen LogP contribution in [0.15, 0.2) is 0 Å². The monoisotopic (exact) mass is 136 g/mol. The summed E-state index contributed by atoms with van der Waals surface area (Å²) in [7, 11) is 0. The number of halogens is 1. The van der Waals surface area contributed by atoms with E-state index in [1.807, 2.05) is 0 Å². The van der Waals surface area contributed by atoms with Crippen molar-refractivity contribution in [3.63, 3.8) is 0 Å². The number of rotatable bonds is 0. The topological polar surface area (TPSA) is 31.5 Å². The first-order chi connectivity index (χ1) is 0. The molecule has 2 N–H and O–H groups in total. The Bertz CT molecular complexity index is 8.00. The zero-order chi connectivity index (χ0) is 0. The first-order valence-corrected chi connectivity index (χ1v) is 0. The second kappa shape index (κ2) is 24.0. The fourth-order valence-electron chi connectivity index (χ4n) is 0. The van der Waals surface area contributed by atoms with Gasteiger partial charge in [-0.2, -0.15) is 0 Å². The summed E-state index contributed by atoms with van der Waals surface area (Å²) < 4.78 is 0. The third kappa shape index (κ3) is 9.64. The molecule has 0 amide bonds. The van der Waals surface area contributed by atoms with Crippen LogP contribution in [-0.4, -0.2) is 28.5 Å². The molecule has 0 aliphatic carbocycles. The molecule has 0 aliphatic heterocycles. The Morgan fingerprint density at radius 3 is 1.00 bits per heavy atom. The van der Waals surface area contributed by atoms with Crippen molar-refractivity contribution >= 4 is 35.5 Å². The molecule has 0 fully saturated rings. The van der Waals surface area contributed by atoms with Gasteiger partial charge in [0.1, 0.15) is 0 Å². The maximum absolute atomic E-state index is 0. The molecule has 0 aromatic rings. The van der Waals surface area contributed by atoms with Gasteiger partial charge in [0, 0.05) is 17.1 Å². The van der Waals surface area contributed by atoms with Crippen LogP contribution in [0.2, 0.25) is 0 Å². The van der Waals surface area contributed by atoms with Crippen LogP contribution in [0.5, 0.6) is 0 Å². The maximum Gasteiger partial charge on any atom is 0.316 e. The first kappa shape index (κ1) is 48.3. The van der Waals surface area contributed by atoms with Crippen molar-refractivity contribution in [3.8, 4) is 0 Å². The average Bonchev–Trinajstić information content (AvgIpc) is 0. The predicted molar refractivity (Wildman–Crippen MR) is 19.4 cm³/mol. The van der Waals surface area contributed by atoms with Gasteiger partial charge in [0.25, 0.3) is 0 Å². The molecule has 0 saturated heterocycles. The minimum Gasteiger partial charge on any atom is -0.412 e. The molecule has 0 unspecified atom stereocenters. The summed E-state index contributed by atoms with van der Waals surface area (Å²) in [5, 5.41) is 0. The van der Waals surface area contributed by atoms with E-state index in [-0.39, 0.29) is 58.0 Å². The van der Waals surface area contributed by atoms with Crippen molar-refractivity contribution in [1.29, 1.82) is 0 Å². The normalized spacial score (nSPS) is 0. The van der Waals surface area contributed by atoms with E-state index < -0.39 is 0 Å². The average molecular weight is 137 g/mol. The van der Waals surface area contributed by atoms with Crippen LogP contribution in [0.1, 0.15) is 0 Å². The van der Waals surface area contributed by atoms with Crippen LogP contribution in [0, 0.1) is 0 Å². The van der Waals surface area contributed by atoms with Crippen LogP contribution in [-0.2, 0) is 17.1 Å². The van der Waals surface area contributed by atoms with Gasteiger partial charge in [-0.15, -0.1) is 12.4 Å². The summed E-state index contributed by atoms with van der Waals surface area (Å²) in [6, 6.07) is 0. The molecule has 0 radical (unpaired) electrons. The van der Waals surface area contributed by atoms with Gasteiger partial charge in [-0.05, 0) is 0 Å². The van der Waals surface area contributed by atoms with Crippen molar-refractivity contribution in [1.82, 2.24) is 0 Å². The SMILES string of the molecule is Cl.O.[Fe].[MgH2]. The molecule has 28 valence electrons. The third-order valence-corrected chi connectivity index (χ3v) is 0. The molecule has 0 bridgehead atoms. The van der Waals surface area contributed by atoms with E-state index in [1.54, 1.807) is 0 Å². The van der Waals surface area contributed by atoms with E-state index in [1.165, 1.54) is 0 Å². The molecule has 0 atom stereocenters. The molecule has 4 heavy (non-hydrogen) atoms. The molecule has 0 rings (SSSR count). The summed E-state index contributed by atoms with van der Waals surface area (Å²) in [6.45, 7) is 0. The molecule has 0 aromatic heterocycles. The number of hydrogen-bond acceptors (Lipinski definition) is 0. The Balaban J connectivity index is 0. The molecular formula is H5ClFeMgO. The van der Waals surface area contributed by atoms with Gasteiger partial charge in [-0.25, -0.2) is 0 Å². The molecule has 0 spiro atoms. The van der Waals surface area contributed by atoms with Crippen LogP contribution in [0.25, 0.3) is 0 Å². The van der Waals surface area contributed by atoms with Gasteiger partial charge in [0.05, 0.1) is 0 Å². The van der Waals surface area contributed by atoms with E-state index in [0.717, 1.165) is 0 Å². The Kier molecular flexibility index (Phi) is 290. The third-order valence-electron chi connectivity index (χ3n) is 0. The van der Waals surface area contributed by atoms with Crippen LogP contribution >= 0.6 is 12.4 Å².